The number of hydrogen-bond donors (Lipinski definition) is 2. The van der Waals surface area contributed by atoms with Crippen LogP contribution >= 0.6 is 0 Å². The van der Waals surface area contributed by atoms with Crippen LogP contribution in [0.3, 0.4) is 0 Å². The Labute approximate surface area is 223 Å². The molecule has 0 bridgehead atoms. The first-order valence-electron chi connectivity index (χ1n) is 12.6. The van der Waals surface area contributed by atoms with Crippen LogP contribution in [0.15, 0.2) is 103 Å². The minimum absolute atomic E-state index is 0.181. The van der Waals surface area contributed by atoms with Gasteiger partial charge in [-0.05, 0) is 60.7 Å². The number of ether oxygens (including phenoxy) is 1. The first kappa shape index (κ1) is 26.4. The highest BCUT2D eigenvalue weighted by atomic mass is 16.5. The molecule has 0 saturated carbocycles. The van der Waals surface area contributed by atoms with Crippen molar-refractivity contribution in [1.82, 2.24) is 0 Å². The Morgan fingerprint density at radius 3 is 2.32 bits per heavy atom. The predicted octanol–water partition coefficient (Wildman–Crippen LogP) is 7.24. The van der Waals surface area contributed by atoms with Crippen molar-refractivity contribution in [3.63, 3.8) is 0 Å². The lowest BCUT2D eigenvalue weighted by Crippen LogP contribution is -2.16. The van der Waals surface area contributed by atoms with Gasteiger partial charge in [-0.2, -0.15) is 0 Å². The van der Waals surface area contributed by atoms with Gasteiger partial charge in [0.25, 0.3) is 0 Å². The van der Waals surface area contributed by atoms with Gasteiger partial charge in [0.05, 0.1) is 17.7 Å². The number of carbonyl (C=O) groups excluding carboxylic acids is 1. The highest BCUT2D eigenvalue weighted by molar-refractivity contribution is 5.98. The molecular weight excluding hydrogens is 474 g/mol. The second-order valence-corrected chi connectivity index (χ2v) is 9.12. The van der Waals surface area contributed by atoms with Crippen LogP contribution in [0, 0.1) is 6.92 Å². The summed E-state index contributed by atoms with van der Waals surface area (Å²) in [4.78, 5) is 25.1. The quantitative estimate of drug-likeness (QED) is 0.223. The average Bonchev–Trinajstić information content (AvgIpc) is 2.93. The molecular formula is C33H31NO4. The van der Waals surface area contributed by atoms with E-state index in [1.165, 1.54) is 0 Å². The van der Waals surface area contributed by atoms with E-state index in [-0.39, 0.29) is 17.9 Å². The van der Waals surface area contributed by atoms with Gasteiger partial charge in [-0.15, -0.1) is 0 Å². The van der Waals surface area contributed by atoms with Gasteiger partial charge in [0, 0.05) is 5.56 Å². The number of aromatic carboxylic acids is 1. The van der Waals surface area contributed by atoms with Crippen molar-refractivity contribution < 1.29 is 19.4 Å². The molecule has 0 aliphatic carbocycles. The number of hydrogen-bond acceptors (Lipinski definition) is 3. The van der Waals surface area contributed by atoms with E-state index >= 15 is 0 Å². The average molecular weight is 506 g/mol. The largest absolute Gasteiger partial charge is 0.486 e. The number of allylic oxidation sites excluding steroid dienone is 2. The van der Waals surface area contributed by atoms with E-state index in [9.17, 15) is 14.7 Å². The number of benzene rings is 4. The van der Waals surface area contributed by atoms with E-state index in [4.69, 9.17) is 4.74 Å². The van der Waals surface area contributed by atoms with Crippen LogP contribution in [-0.4, -0.2) is 17.0 Å². The summed E-state index contributed by atoms with van der Waals surface area (Å²) in [5.41, 5.74) is 5.86. The molecule has 4 rings (SSSR count). The van der Waals surface area contributed by atoms with Gasteiger partial charge in [0.15, 0.2) is 0 Å². The SMILES string of the molecule is C/C=C/Cc1cc(-c2ccccc2C(=O)O)cc(NC(=O)Cc2ccc(C)cc2)c1OCc1ccccc1. The van der Waals surface area contributed by atoms with Gasteiger partial charge < -0.3 is 15.2 Å². The third kappa shape index (κ3) is 6.77. The van der Waals surface area contributed by atoms with Crippen molar-refractivity contribution in [2.45, 2.75) is 33.3 Å². The molecule has 0 unspecified atom stereocenters. The van der Waals surface area contributed by atoms with Gasteiger partial charge in [-0.25, -0.2) is 4.79 Å². The van der Waals surface area contributed by atoms with E-state index in [1.807, 2.05) is 92.7 Å². The Hall–Kier alpha value is -4.64. The highest BCUT2D eigenvalue weighted by Gasteiger charge is 2.19. The molecule has 4 aromatic carbocycles. The fourth-order valence-electron chi connectivity index (χ4n) is 4.24. The first-order valence-corrected chi connectivity index (χ1v) is 12.6. The topological polar surface area (TPSA) is 75.6 Å². The van der Waals surface area contributed by atoms with Crippen LogP contribution in [-0.2, 0) is 24.2 Å². The molecule has 0 saturated heterocycles. The molecule has 38 heavy (non-hydrogen) atoms. The molecule has 5 heteroatoms. The van der Waals surface area contributed by atoms with Gasteiger partial charge in [-0.1, -0.05) is 90.5 Å². The zero-order valence-corrected chi connectivity index (χ0v) is 21.6. The summed E-state index contributed by atoms with van der Waals surface area (Å²) in [5, 5.41) is 12.8. The molecule has 0 aliphatic rings. The molecule has 4 aromatic rings. The fourth-order valence-corrected chi connectivity index (χ4v) is 4.24. The molecule has 1 amide bonds. The van der Waals surface area contributed by atoms with E-state index in [2.05, 4.69) is 5.32 Å². The summed E-state index contributed by atoms with van der Waals surface area (Å²) in [6.07, 6.45) is 4.73. The third-order valence-corrected chi connectivity index (χ3v) is 6.19. The van der Waals surface area contributed by atoms with Crippen LogP contribution in [0.2, 0.25) is 0 Å². The van der Waals surface area contributed by atoms with Crippen LogP contribution in [0.1, 0.15) is 39.5 Å². The van der Waals surface area contributed by atoms with E-state index in [0.717, 1.165) is 22.3 Å². The zero-order valence-electron chi connectivity index (χ0n) is 21.6. The minimum Gasteiger partial charge on any atom is -0.486 e. The van der Waals surface area contributed by atoms with Gasteiger partial charge in [0.2, 0.25) is 5.91 Å². The Balaban J connectivity index is 1.77. The number of carboxylic acids is 1. The normalized spacial score (nSPS) is 10.9. The number of carbonyl (C=O) groups is 2. The van der Waals surface area contributed by atoms with Crippen molar-refractivity contribution in [2.75, 3.05) is 5.32 Å². The predicted molar refractivity (Wildman–Crippen MR) is 152 cm³/mol. The maximum atomic E-state index is 13.2. The van der Waals surface area contributed by atoms with E-state index in [0.29, 0.717) is 35.6 Å². The summed E-state index contributed by atoms with van der Waals surface area (Å²) >= 11 is 0. The molecule has 0 fully saturated rings. The van der Waals surface area contributed by atoms with Crippen LogP contribution in [0.4, 0.5) is 5.69 Å². The van der Waals surface area contributed by atoms with Crippen molar-refractivity contribution in [3.8, 4) is 16.9 Å². The van der Waals surface area contributed by atoms with Crippen molar-refractivity contribution in [2.24, 2.45) is 0 Å². The van der Waals surface area contributed by atoms with Crippen LogP contribution in [0.25, 0.3) is 11.1 Å². The van der Waals surface area contributed by atoms with Crippen molar-refractivity contribution >= 4 is 17.6 Å². The van der Waals surface area contributed by atoms with Crippen molar-refractivity contribution in [1.29, 1.82) is 0 Å². The molecule has 0 spiro atoms. The monoisotopic (exact) mass is 505 g/mol. The summed E-state index contributed by atoms with van der Waals surface area (Å²) < 4.78 is 6.32. The second-order valence-electron chi connectivity index (χ2n) is 9.12. The summed E-state index contributed by atoms with van der Waals surface area (Å²) in [6.45, 7) is 4.28. The Morgan fingerprint density at radius 2 is 1.61 bits per heavy atom. The molecule has 0 aromatic heterocycles. The maximum Gasteiger partial charge on any atom is 0.336 e. The smallest absolute Gasteiger partial charge is 0.336 e. The van der Waals surface area contributed by atoms with E-state index in [1.54, 1.807) is 24.3 Å². The lowest BCUT2D eigenvalue weighted by atomic mass is 9.95. The number of carboxylic acid groups (broad SMARTS) is 1. The molecule has 0 heterocycles. The number of aryl methyl sites for hydroxylation is 1. The zero-order chi connectivity index (χ0) is 26.9. The first-order chi connectivity index (χ1) is 18.4. The lowest BCUT2D eigenvalue weighted by molar-refractivity contribution is -0.115. The fraction of sp³-hybridized carbons (Fsp3) is 0.152. The number of rotatable bonds is 10. The molecule has 0 aliphatic heterocycles. The molecule has 0 radical (unpaired) electrons. The van der Waals surface area contributed by atoms with Crippen LogP contribution in [0.5, 0.6) is 5.75 Å². The Kier molecular flexibility index (Phi) is 8.73. The molecule has 192 valence electrons. The molecule has 0 atom stereocenters. The van der Waals surface area contributed by atoms with Gasteiger partial charge in [-0.3, -0.25) is 4.79 Å². The Bertz CT molecular complexity index is 1440. The third-order valence-electron chi connectivity index (χ3n) is 6.19. The summed E-state index contributed by atoms with van der Waals surface area (Å²) in [5.74, 6) is -0.621. The van der Waals surface area contributed by atoms with Gasteiger partial charge in [0.1, 0.15) is 12.4 Å². The minimum atomic E-state index is -1.01. The highest BCUT2D eigenvalue weighted by Crippen LogP contribution is 2.37. The summed E-state index contributed by atoms with van der Waals surface area (Å²) in [6, 6.07) is 28.3. The van der Waals surface area contributed by atoms with Gasteiger partial charge >= 0.3 is 5.97 Å². The summed E-state index contributed by atoms with van der Waals surface area (Å²) in [7, 11) is 0. The number of amides is 1. The number of anilines is 1. The molecule has 5 nitrogen and oxygen atoms in total. The van der Waals surface area contributed by atoms with Crippen molar-refractivity contribution in [3.05, 3.63) is 131 Å². The Morgan fingerprint density at radius 1 is 0.895 bits per heavy atom. The van der Waals surface area contributed by atoms with Crippen LogP contribution < -0.4 is 10.1 Å². The standard InChI is InChI=1S/C33H31NO4/c1-3-4-12-26-20-27(28-13-8-9-14-29(28)33(36)37)21-30(32(26)38-22-25-10-6-5-7-11-25)34-31(35)19-24-17-15-23(2)16-18-24/h3-11,13-18,20-21H,12,19,22H2,1-2H3,(H,34,35)(H,36,37)/b4-3+. The molecule has 2 N–H and O–H groups in total. The maximum absolute atomic E-state index is 13.2. The van der Waals surface area contributed by atoms with E-state index < -0.39 is 5.97 Å². The lowest BCUT2D eigenvalue weighted by Gasteiger charge is -2.19. The number of nitrogens with one attached hydrogen (secondary N) is 1. The second kappa shape index (κ2) is 12.5.